The molecule has 27 heavy (non-hydrogen) atoms. The second-order valence-electron chi connectivity index (χ2n) is 5.65. The molecule has 0 aromatic heterocycles. The van der Waals surface area contributed by atoms with Crippen molar-refractivity contribution in [3.63, 3.8) is 0 Å². The summed E-state index contributed by atoms with van der Waals surface area (Å²) in [6.07, 6.45) is 0.983. The van der Waals surface area contributed by atoms with Gasteiger partial charge in [0.1, 0.15) is 0 Å². The summed E-state index contributed by atoms with van der Waals surface area (Å²) in [5.74, 6) is -1.72. The van der Waals surface area contributed by atoms with Gasteiger partial charge in [-0.2, -0.15) is 0 Å². The van der Waals surface area contributed by atoms with E-state index in [-0.39, 0.29) is 16.4 Å². The molecule has 2 rings (SSSR count). The molecule has 8 nitrogen and oxygen atoms in total. The Balaban J connectivity index is 1.96. The highest BCUT2D eigenvalue weighted by molar-refractivity contribution is 7.90. The van der Waals surface area contributed by atoms with E-state index in [0.717, 1.165) is 6.26 Å². The minimum absolute atomic E-state index is 0.132. The van der Waals surface area contributed by atoms with Crippen LogP contribution < -0.4 is 10.6 Å². The van der Waals surface area contributed by atoms with Crippen LogP contribution >= 0.6 is 0 Å². The van der Waals surface area contributed by atoms with Gasteiger partial charge in [-0.25, -0.2) is 13.2 Å². The van der Waals surface area contributed by atoms with Gasteiger partial charge in [-0.15, -0.1) is 0 Å². The minimum atomic E-state index is -3.61. The van der Waals surface area contributed by atoms with Crippen molar-refractivity contribution in [1.29, 1.82) is 0 Å². The molecule has 2 aromatic rings. The Hall–Kier alpha value is -3.20. The fourth-order valence-corrected chi connectivity index (χ4v) is 3.08. The molecule has 0 atom stereocenters. The quantitative estimate of drug-likeness (QED) is 0.727. The highest BCUT2D eigenvalue weighted by Crippen LogP contribution is 2.17. The third-order valence-corrected chi connectivity index (χ3v) is 4.48. The molecule has 0 aliphatic carbocycles. The standard InChI is InChI=1S/C18H18N2O6S/c1-12(21)19-13-7-9-14(10-8-13)20-17(22)11-26-18(23)15-5-3-4-6-16(15)27(2,24)25/h3-10H,11H2,1-2H3,(H,19,21)(H,20,22). The summed E-state index contributed by atoms with van der Waals surface area (Å²) in [5.41, 5.74) is 0.887. The molecule has 142 valence electrons. The van der Waals surface area contributed by atoms with E-state index in [1.54, 1.807) is 24.3 Å². The first-order chi connectivity index (χ1) is 12.7. The number of esters is 1. The van der Waals surface area contributed by atoms with Gasteiger partial charge in [-0.1, -0.05) is 12.1 Å². The average Bonchev–Trinajstić information content (AvgIpc) is 2.60. The van der Waals surface area contributed by atoms with Crippen LogP contribution in [0, 0.1) is 0 Å². The molecule has 0 spiro atoms. The maximum Gasteiger partial charge on any atom is 0.339 e. The van der Waals surface area contributed by atoms with Gasteiger partial charge in [-0.05, 0) is 36.4 Å². The molecular weight excluding hydrogens is 372 g/mol. The molecule has 0 bridgehead atoms. The molecule has 0 heterocycles. The van der Waals surface area contributed by atoms with Crippen LogP contribution in [0.1, 0.15) is 17.3 Å². The predicted molar refractivity (Wildman–Crippen MR) is 99.2 cm³/mol. The van der Waals surface area contributed by atoms with Gasteiger partial charge in [0.05, 0.1) is 10.5 Å². The number of amides is 2. The number of hydrogen-bond acceptors (Lipinski definition) is 6. The molecular formula is C18H18N2O6S. The van der Waals surface area contributed by atoms with E-state index < -0.39 is 28.3 Å². The van der Waals surface area contributed by atoms with Gasteiger partial charge in [0.2, 0.25) is 5.91 Å². The summed E-state index contributed by atoms with van der Waals surface area (Å²) in [7, 11) is -3.61. The summed E-state index contributed by atoms with van der Waals surface area (Å²) < 4.78 is 28.3. The van der Waals surface area contributed by atoms with Crippen molar-refractivity contribution in [2.45, 2.75) is 11.8 Å². The average molecular weight is 390 g/mol. The van der Waals surface area contributed by atoms with Crippen LogP contribution in [-0.2, 0) is 24.2 Å². The van der Waals surface area contributed by atoms with E-state index in [0.29, 0.717) is 11.4 Å². The smallest absolute Gasteiger partial charge is 0.339 e. The molecule has 9 heteroatoms. The summed E-state index contributed by atoms with van der Waals surface area (Å²) in [5, 5.41) is 5.12. The van der Waals surface area contributed by atoms with E-state index in [2.05, 4.69) is 10.6 Å². The lowest BCUT2D eigenvalue weighted by Gasteiger charge is -2.09. The SMILES string of the molecule is CC(=O)Nc1ccc(NC(=O)COC(=O)c2ccccc2S(C)(=O)=O)cc1. The fourth-order valence-electron chi connectivity index (χ4n) is 2.20. The zero-order valence-electron chi connectivity index (χ0n) is 14.7. The fraction of sp³-hybridized carbons (Fsp3) is 0.167. The lowest BCUT2D eigenvalue weighted by atomic mass is 10.2. The van der Waals surface area contributed by atoms with Crippen LogP contribution in [0.3, 0.4) is 0 Å². The first kappa shape index (κ1) is 20.1. The van der Waals surface area contributed by atoms with E-state index in [4.69, 9.17) is 4.74 Å². The highest BCUT2D eigenvalue weighted by Gasteiger charge is 2.20. The first-order valence-corrected chi connectivity index (χ1v) is 9.69. The Morgan fingerprint density at radius 2 is 1.48 bits per heavy atom. The largest absolute Gasteiger partial charge is 0.452 e. The zero-order valence-corrected chi connectivity index (χ0v) is 15.5. The molecule has 0 aliphatic heterocycles. The maximum absolute atomic E-state index is 12.1. The van der Waals surface area contributed by atoms with Gasteiger partial charge in [0.25, 0.3) is 5.91 Å². The minimum Gasteiger partial charge on any atom is -0.452 e. The van der Waals surface area contributed by atoms with E-state index in [1.807, 2.05) is 0 Å². The number of carbonyl (C=O) groups is 3. The van der Waals surface area contributed by atoms with Crippen molar-refractivity contribution < 1.29 is 27.5 Å². The Labute approximate surface area is 156 Å². The Morgan fingerprint density at radius 3 is 2.04 bits per heavy atom. The number of anilines is 2. The van der Waals surface area contributed by atoms with Crippen LogP contribution in [0.15, 0.2) is 53.4 Å². The monoisotopic (exact) mass is 390 g/mol. The second-order valence-corrected chi connectivity index (χ2v) is 7.64. The first-order valence-electron chi connectivity index (χ1n) is 7.80. The maximum atomic E-state index is 12.1. The summed E-state index contributed by atoms with van der Waals surface area (Å²) in [4.78, 5) is 34.8. The van der Waals surface area contributed by atoms with E-state index in [1.165, 1.54) is 31.2 Å². The van der Waals surface area contributed by atoms with Crippen molar-refractivity contribution in [2.75, 3.05) is 23.5 Å². The number of benzene rings is 2. The highest BCUT2D eigenvalue weighted by atomic mass is 32.2. The Morgan fingerprint density at radius 1 is 0.926 bits per heavy atom. The lowest BCUT2D eigenvalue weighted by Crippen LogP contribution is -2.21. The number of ether oxygens (including phenoxy) is 1. The van der Waals surface area contributed by atoms with Gasteiger partial charge in [0.15, 0.2) is 16.4 Å². The Bertz CT molecular complexity index is 968. The lowest BCUT2D eigenvalue weighted by molar-refractivity contribution is -0.119. The number of nitrogens with one attached hydrogen (secondary N) is 2. The van der Waals surface area contributed by atoms with Crippen LogP contribution in [0.2, 0.25) is 0 Å². The van der Waals surface area contributed by atoms with Gasteiger partial charge >= 0.3 is 5.97 Å². The van der Waals surface area contributed by atoms with Gasteiger partial charge in [0, 0.05) is 24.6 Å². The molecule has 0 saturated carbocycles. The van der Waals surface area contributed by atoms with Crippen molar-refractivity contribution in [3.05, 3.63) is 54.1 Å². The second kappa shape index (κ2) is 8.45. The molecule has 0 aliphatic rings. The Kier molecular flexibility index (Phi) is 6.30. The number of rotatable bonds is 6. The predicted octanol–water partition coefficient (Wildman–Crippen LogP) is 1.84. The van der Waals surface area contributed by atoms with Crippen LogP contribution in [0.25, 0.3) is 0 Å². The van der Waals surface area contributed by atoms with Crippen molar-refractivity contribution in [3.8, 4) is 0 Å². The molecule has 0 radical (unpaired) electrons. The molecule has 2 aromatic carbocycles. The molecule has 0 saturated heterocycles. The number of sulfone groups is 1. The molecule has 2 N–H and O–H groups in total. The third-order valence-electron chi connectivity index (χ3n) is 3.33. The van der Waals surface area contributed by atoms with Crippen molar-refractivity contribution in [2.24, 2.45) is 0 Å². The summed E-state index contributed by atoms with van der Waals surface area (Å²) in [6, 6.07) is 12.0. The number of carbonyl (C=O) groups excluding carboxylic acids is 3. The van der Waals surface area contributed by atoms with Crippen LogP contribution in [0.5, 0.6) is 0 Å². The van der Waals surface area contributed by atoms with E-state index >= 15 is 0 Å². The summed E-state index contributed by atoms with van der Waals surface area (Å²) >= 11 is 0. The molecule has 0 fully saturated rings. The normalized spacial score (nSPS) is 10.7. The topological polar surface area (TPSA) is 119 Å². The van der Waals surface area contributed by atoms with Gasteiger partial charge in [-0.3, -0.25) is 9.59 Å². The van der Waals surface area contributed by atoms with E-state index in [9.17, 15) is 22.8 Å². The molecule has 0 unspecified atom stereocenters. The van der Waals surface area contributed by atoms with Crippen molar-refractivity contribution in [1.82, 2.24) is 0 Å². The molecule has 2 amide bonds. The third kappa shape index (κ3) is 5.93. The van der Waals surface area contributed by atoms with Crippen molar-refractivity contribution >= 4 is 39.0 Å². The zero-order chi connectivity index (χ0) is 20.0. The van der Waals surface area contributed by atoms with Crippen LogP contribution in [-0.4, -0.2) is 39.1 Å². The summed E-state index contributed by atoms with van der Waals surface area (Å²) in [6.45, 7) is 0.802. The van der Waals surface area contributed by atoms with Gasteiger partial charge < -0.3 is 15.4 Å². The van der Waals surface area contributed by atoms with Crippen LogP contribution in [0.4, 0.5) is 11.4 Å². The number of hydrogen-bond donors (Lipinski definition) is 2.